The fourth-order valence-corrected chi connectivity index (χ4v) is 4.03. The van der Waals surface area contributed by atoms with Gasteiger partial charge in [-0.15, -0.1) is 0 Å². The van der Waals surface area contributed by atoms with Crippen LogP contribution in [0.2, 0.25) is 0 Å². The van der Waals surface area contributed by atoms with E-state index in [-0.39, 0.29) is 30.5 Å². The van der Waals surface area contributed by atoms with Gasteiger partial charge in [-0.05, 0) is 28.7 Å². The lowest BCUT2D eigenvalue weighted by Gasteiger charge is -2.16. The van der Waals surface area contributed by atoms with Crippen molar-refractivity contribution in [2.75, 3.05) is 17.2 Å². The number of pyridine rings is 1. The Morgan fingerprint density at radius 3 is 2.84 bits per heavy atom. The van der Waals surface area contributed by atoms with Crippen molar-refractivity contribution in [3.63, 3.8) is 0 Å². The molecule has 1 aliphatic rings. The van der Waals surface area contributed by atoms with Gasteiger partial charge in [-0.25, -0.2) is 17.8 Å². The first-order chi connectivity index (χ1) is 8.76. The first-order valence-electron chi connectivity index (χ1n) is 5.30. The summed E-state index contributed by atoms with van der Waals surface area (Å²) in [5.74, 6) is -0.990. The number of hydrogen-bond acceptors (Lipinski definition) is 4. The molecular weight excluding hydrogens is 410 g/mol. The van der Waals surface area contributed by atoms with Crippen molar-refractivity contribution in [1.82, 2.24) is 4.98 Å². The third-order valence-electron chi connectivity index (χ3n) is 2.68. The van der Waals surface area contributed by atoms with Gasteiger partial charge in [0.15, 0.2) is 0 Å². The summed E-state index contributed by atoms with van der Waals surface area (Å²) in [6.45, 7) is 0.222. The summed E-state index contributed by atoms with van der Waals surface area (Å²) in [5, 5.41) is 0. The number of nitrogens with zero attached hydrogens (tertiary/aromatic N) is 2. The zero-order valence-electron chi connectivity index (χ0n) is 9.51. The molecule has 9 heteroatoms. The minimum Gasteiger partial charge on any atom is -0.296 e. The van der Waals surface area contributed by atoms with Crippen LogP contribution in [0, 0.1) is 15.3 Å². The topological polar surface area (TPSA) is 67.3 Å². The predicted octanol–water partition coefficient (Wildman–Crippen LogP) is 1.75. The Morgan fingerprint density at radius 1 is 1.58 bits per heavy atom. The van der Waals surface area contributed by atoms with Crippen LogP contribution >= 0.6 is 33.3 Å². The van der Waals surface area contributed by atoms with Crippen LogP contribution in [0.5, 0.6) is 0 Å². The SMILES string of the molecule is O=C1CC(CS(=O)(=O)Cl)CN1c1ncc(F)cc1I. The highest BCUT2D eigenvalue weighted by Crippen LogP contribution is 2.28. The summed E-state index contributed by atoms with van der Waals surface area (Å²) in [6, 6.07) is 1.27. The molecule has 1 amide bonds. The molecule has 1 aromatic heterocycles. The minimum atomic E-state index is -3.64. The number of hydrogen-bond donors (Lipinski definition) is 0. The second-order valence-corrected chi connectivity index (χ2v) is 8.22. The number of rotatable bonds is 3. The predicted molar refractivity (Wildman–Crippen MR) is 77.0 cm³/mol. The van der Waals surface area contributed by atoms with E-state index in [0.717, 1.165) is 6.20 Å². The largest absolute Gasteiger partial charge is 0.296 e. The molecule has 1 aromatic rings. The molecule has 0 aromatic carbocycles. The van der Waals surface area contributed by atoms with Gasteiger partial charge in [0.2, 0.25) is 15.0 Å². The highest BCUT2D eigenvalue weighted by Gasteiger charge is 2.34. The van der Waals surface area contributed by atoms with E-state index in [1.807, 2.05) is 22.6 Å². The Bertz CT molecular complexity index is 625. The van der Waals surface area contributed by atoms with Crippen LogP contribution in [-0.4, -0.2) is 31.6 Å². The zero-order chi connectivity index (χ0) is 14.2. The van der Waals surface area contributed by atoms with E-state index in [0.29, 0.717) is 9.39 Å². The number of aromatic nitrogens is 1. The molecule has 1 fully saturated rings. The standard InChI is InChI=1S/C10H9ClFIN2O3S/c11-19(17,18)5-6-1-9(16)15(4-6)10-8(13)2-7(12)3-14-10/h2-3,6H,1,4-5H2. The van der Waals surface area contributed by atoms with Crippen LogP contribution in [0.4, 0.5) is 10.2 Å². The second kappa shape index (κ2) is 5.49. The van der Waals surface area contributed by atoms with E-state index in [1.54, 1.807) is 0 Å². The smallest absolute Gasteiger partial charge is 0.232 e. The van der Waals surface area contributed by atoms with Crippen LogP contribution in [0.1, 0.15) is 6.42 Å². The molecule has 19 heavy (non-hydrogen) atoms. The van der Waals surface area contributed by atoms with Crippen molar-refractivity contribution < 1.29 is 17.6 Å². The monoisotopic (exact) mass is 418 g/mol. The van der Waals surface area contributed by atoms with Gasteiger partial charge < -0.3 is 0 Å². The number of amides is 1. The van der Waals surface area contributed by atoms with Gasteiger partial charge >= 0.3 is 0 Å². The first-order valence-corrected chi connectivity index (χ1v) is 8.86. The molecular formula is C10H9ClFIN2O3S. The number of anilines is 1. The molecule has 1 aliphatic heterocycles. The van der Waals surface area contributed by atoms with E-state index < -0.39 is 14.9 Å². The first kappa shape index (κ1) is 14.9. The molecule has 0 radical (unpaired) electrons. The maximum Gasteiger partial charge on any atom is 0.232 e. The second-order valence-electron chi connectivity index (χ2n) is 4.24. The Morgan fingerprint density at radius 2 is 2.26 bits per heavy atom. The molecule has 0 N–H and O–H groups in total. The Balaban J connectivity index is 2.20. The van der Waals surface area contributed by atoms with Crippen molar-refractivity contribution in [1.29, 1.82) is 0 Å². The van der Waals surface area contributed by atoms with Crippen LogP contribution in [0.3, 0.4) is 0 Å². The summed E-state index contributed by atoms with van der Waals surface area (Å²) >= 11 is 1.88. The maximum absolute atomic E-state index is 13.0. The molecule has 1 atom stereocenters. The molecule has 5 nitrogen and oxygen atoms in total. The van der Waals surface area contributed by atoms with Crippen LogP contribution in [0.15, 0.2) is 12.3 Å². The summed E-state index contributed by atoms with van der Waals surface area (Å²) in [4.78, 5) is 17.1. The van der Waals surface area contributed by atoms with Crippen molar-refractivity contribution in [3.8, 4) is 0 Å². The van der Waals surface area contributed by atoms with Gasteiger partial charge in [0.25, 0.3) is 0 Å². The average molecular weight is 419 g/mol. The summed E-state index contributed by atoms with van der Waals surface area (Å²) in [6.07, 6.45) is 1.12. The highest BCUT2D eigenvalue weighted by molar-refractivity contribution is 14.1. The minimum absolute atomic E-state index is 0.0983. The lowest BCUT2D eigenvalue weighted by Crippen LogP contribution is -2.27. The molecule has 2 rings (SSSR count). The third-order valence-corrected chi connectivity index (χ3v) is 4.73. The van der Waals surface area contributed by atoms with E-state index in [9.17, 15) is 17.6 Å². The van der Waals surface area contributed by atoms with Gasteiger partial charge in [-0.3, -0.25) is 9.69 Å². The maximum atomic E-state index is 13.0. The fourth-order valence-electron chi connectivity index (χ4n) is 1.99. The molecule has 104 valence electrons. The number of carbonyl (C=O) groups is 1. The molecule has 0 spiro atoms. The highest BCUT2D eigenvalue weighted by atomic mass is 127. The third kappa shape index (κ3) is 3.76. The number of halogens is 3. The van der Waals surface area contributed by atoms with Crippen LogP contribution in [-0.2, 0) is 13.8 Å². The van der Waals surface area contributed by atoms with Crippen LogP contribution in [0.25, 0.3) is 0 Å². The molecule has 0 bridgehead atoms. The normalized spacial score (nSPS) is 20.1. The molecule has 1 saturated heterocycles. The van der Waals surface area contributed by atoms with E-state index in [4.69, 9.17) is 10.7 Å². The summed E-state index contributed by atoms with van der Waals surface area (Å²) in [5.41, 5.74) is 0. The Hall–Kier alpha value is -0.480. The van der Waals surface area contributed by atoms with Crippen molar-refractivity contribution in [2.24, 2.45) is 5.92 Å². The van der Waals surface area contributed by atoms with Gasteiger partial charge in [0.05, 0.1) is 15.5 Å². The lowest BCUT2D eigenvalue weighted by atomic mass is 10.1. The van der Waals surface area contributed by atoms with E-state index in [1.165, 1.54) is 11.0 Å². The van der Waals surface area contributed by atoms with Gasteiger partial charge in [-0.2, -0.15) is 0 Å². The quantitative estimate of drug-likeness (QED) is 0.554. The van der Waals surface area contributed by atoms with Gasteiger partial charge in [0, 0.05) is 29.6 Å². The van der Waals surface area contributed by atoms with Crippen molar-refractivity contribution >= 4 is 54.0 Å². The summed E-state index contributed by atoms with van der Waals surface area (Å²) in [7, 11) is 1.54. The van der Waals surface area contributed by atoms with E-state index >= 15 is 0 Å². The van der Waals surface area contributed by atoms with Crippen molar-refractivity contribution in [2.45, 2.75) is 6.42 Å². The van der Waals surface area contributed by atoms with Crippen LogP contribution < -0.4 is 4.90 Å². The van der Waals surface area contributed by atoms with Gasteiger partial charge in [-0.1, -0.05) is 0 Å². The Kier molecular flexibility index (Phi) is 4.31. The molecule has 1 unspecified atom stereocenters. The summed E-state index contributed by atoms with van der Waals surface area (Å²) < 4.78 is 35.5. The fraction of sp³-hybridized carbons (Fsp3) is 0.400. The molecule has 2 heterocycles. The molecule has 0 saturated carbocycles. The average Bonchev–Trinajstić information content (AvgIpc) is 2.56. The zero-order valence-corrected chi connectivity index (χ0v) is 13.2. The Labute approximate surface area is 127 Å². The molecule has 0 aliphatic carbocycles. The van der Waals surface area contributed by atoms with Gasteiger partial charge in [0.1, 0.15) is 11.6 Å². The number of carbonyl (C=O) groups excluding carboxylic acids is 1. The lowest BCUT2D eigenvalue weighted by molar-refractivity contribution is -0.117. The van der Waals surface area contributed by atoms with E-state index in [2.05, 4.69) is 4.98 Å². The van der Waals surface area contributed by atoms with Crippen molar-refractivity contribution in [3.05, 3.63) is 21.7 Å².